The molecule has 7 heteroatoms. The van der Waals surface area contributed by atoms with Crippen LogP contribution in [0, 0.1) is 17.0 Å². The molecule has 3 rings (SSSR count). The number of nitro benzene ring substituents is 1. The second-order valence-corrected chi connectivity index (χ2v) is 4.40. The van der Waals surface area contributed by atoms with E-state index in [9.17, 15) is 14.9 Å². The Balaban J connectivity index is 2.35. The lowest BCUT2D eigenvalue weighted by Gasteiger charge is -2.09. The molecule has 2 aromatic rings. The zero-order chi connectivity index (χ0) is 14.3. The first-order valence-corrected chi connectivity index (χ1v) is 5.95. The minimum Gasteiger partial charge on any atom is -0.488 e. The van der Waals surface area contributed by atoms with E-state index >= 15 is 0 Å². The lowest BCUT2D eigenvalue weighted by Crippen LogP contribution is -2.05. The van der Waals surface area contributed by atoms with E-state index in [2.05, 4.69) is 4.98 Å². The van der Waals surface area contributed by atoms with Gasteiger partial charge in [0, 0.05) is 18.3 Å². The van der Waals surface area contributed by atoms with Gasteiger partial charge in [-0.1, -0.05) is 0 Å². The van der Waals surface area contributed by atoms with Crippen molar-refractivity contribution in [1.82, 2.24) is 4.98 Å². The molecule has 2 heterocycles. The van der Waals surface area contributed by atoms with Gasteiger partial charge >= 0.3 is 5.97 Å². The van der Waals surface area contributed by atoms with Gasteiger partial charge < -0.3 is 9.47 Å². The Kier molecular flexibility index (Phi) is 2.74. The molecule has 0 fully saturated rings. The number of aromatic nitrogens is 1. The number of ether oxygens (including phenoxy) is 2. The molecule has 1 aromatic carbocycles. The maximum atomic E-state index is 11.8. The summed E-state index contributed by atoms with van der Waals surface area (Å²) < 4.78 is 10.5. The molecular weight excluding hydrogens is 264 g/mol. The number of benzene rings is 1. The maximum absolute atomic E-state index is 11.8. The molecule has 1 aromatic heterocycles. The van der Waals surface area contributed by atoms with Crippen LogP contribution in [0.4, 0.5) is 5.69 Å². The third kappa shape index (κ3) is 1.83. The summed E-state index contributed by atoms with van der Waals surface area (Å²) in [6.07, 6.45) is 1.38. The summed E-state index contributed by atoms with van der Waals surface area (Å²) in [6.45, 7) is 2.08. The van der Waals surface area contributed by atoms with Gasteiger partial charge in [-0.25, -0.2) is 4.79 Å². The van der Waals surface area contributed by atoms with Crippen LogP contribution in [0.25, 0.3) is 10.9 Å². The molecule has 7 nitrogen and oxygen atoms in total. The zero-order valence-corrected chi connectivity index (χ0v) is 10.6. The molecule has 0 atom stereocenters. The summed E-state index contributed by atoms with van der Waals surface area (Å²) in [6, 6.07) is 2.81. The van der Waals surface area contributed by atoms with Gasteiger partial charge in [0.2, 0.25) is 0 Å². The first-order chi connectivity index (χ1) is 9.58. The number of rotatable bonds is 1. The fourth-order valence-electron chi connectivity index (χ4n) is 2.20. The molecule has 102 valence electrons. The lowest BCUT2D eigenvalue weighted by atomic mass is 10.1. The largest absolute Gasteiger partial charge is 0.488 e. The Labute approximate surface area is 113 Å². The highest BCUT2D eigenvalue weighted by Crippen LogP contribution is 2.34. The zero-order valence-electron chi connectivity index (χ0n) is 10.6. The smallest absolute Gasteiger partial charge is 0.343 e. The Bertz CT molecular complexity index is 741. The number of hydrogen-bond donors (Lipinski definition) is 0. The number of hydrogen-bond acceptors (Lipinski definition) is 6. The highest BCUT2D eigenvalue weighted by atomic mass is 16.6. The number of aryl methyl sites for hydroxylation is 1. The van der Waals surface area contributed by atoms with E-state index in [1.807, 2.05) is 0 Å². The quantitative estimate of drug-likeness (QED) is 0.448. The van der Waals surface area contributed by atoms with Gasteiger partial charge in [0.1, 0.15) is 24.5 Å². The van der Waals surface area contributed by atoms with Crippen molar-refractivity contribution in [2.75, 3.05) is 13.2 Å². The Hall–Kier alpha value is -2.70. The van der Waals surface area contributed by atoms with Crippen LogP contribution in [0.1, 0.15) is 15.9 Å². The van der Waals surface area contributed by atoms with E-state index in [0.29, 0.717) is 22.2 Å². The van der Waals surface area contributed by atoms with E-state index < -0.39 is 10.9 Å². The standard InChI is InChI=1S/C13H10N2O5/c1-7-4-8(15(17)18)5-9-11(7)14-6-10-12(9)19-2-3-20-13(10)16/h4-6H,2-3H2,1H3. The predicted molar refractivity (Wildman–Crippen MR) is 68.9 cm³/mol. The van der Waals surface area contributed by atoms with Crippen molar-refractivity contribution in [2.45, 2.75) is 6.92 Å². The Morgan fingerprint density at radius 2 is 2.05 bits per heavy atom. The number of carbonyl (C=O) groups excluding carboxylic acids is 1. The van der Waals surface area contributed by atoms with Crippen molar-refractivity contribution >= 4 is 22.6 Å². The van der Waals surface area contributed by atoms with Crippen LogP contribution in [-0.4, -0.2) is 29.1 Å². The molecule has 0 saturated carbocycles. The fourth-order valence-corrected chi connectivity index (χ4v) is 2.20. The molecule has 20 heavy (non-hydrogen) atoms. The number of cyclic esters (lactones) is 1. The number of nitrogens with zero attached hydrogens (tertiary/aromatic N) is 2. The SMILES string of the molecule is Cc1cc([N+](=O)[O-])cc2c3c(cnc12)C(=O)OCCO3. The number of esters is 1. The molecule has 0 bridgehead atoms. The van der Waals surface area contributed by atoms with Crippen LogP contribution < -0.4 is 4.74 Å². The first-order valence-electron chi connectivity index (χ1n) is 5.95. The van der Waals surface area contributed by atoms with Gasteiger partial charge in [-0.3, -0.25) is 15.1 Å². The van der Waals surface area contributed by atoms with Crippen LogP contribution in [-0.2, 0) is 4.74 Å². The van der Waals surface area contributed by atoms with E-state index in [1.165, 1.54) is 18.3 Å². The van der Waals surface area contributed by atoms with E-state index in [1.54, 1.807) is 6.92 Å². The summed E-state index contributed by atoms with van der Waals surface area (Å²) in [5, 5.41) is 11.4. The Morgan fingerprint density at radius 1 is 1.30 bits per heavy atom. The summed E-state index contributed by atoms with van der Waals surface area (Å²) in [4.78, 5) is 26.4. The van der Waals surface area contributed by atoms with Crippen LogP contribution in [0.5, 0.6) is 5.75 Å². The van der Waals surface area contributed by atoms with E-state index in [0.717, 1.165) is 0 Å². The first kappa shape index (κ1) is 12.3. The number of fused-ring (bicyclic) bond motifs is 3. The molecule has 0 N–H and O–H groups in total. The van der Waals surface area contributed by atoms with E-state index in [-0.39, 0.29) is 24.5 Å². The average Bonchev–Trinajstić information content (AvgIpc) is 2.61. The van der Waals surface area contributed by atoms with Gasteiger partial charge in [0.15, 0.2) is 0 Å². The third-order valence-electron chi connectivity index (χ3n) is 3.09. The monoisotopic (exact) mass is 274 g/mol. The number of carbonyl (C=O) groups is 1. The molecule has 0 spiro atoms. The van der Waals surface area contributed by atoms with Crippen molar-refractivity contribution in [3.8, 4) is 5.75 Å². The predicted octanol–water partition coefficient (Wildman–Crippen LogP) is 2.00. The average molecular weight is 274 g/mol. The number of non-ortho nitro benzene ring substituents is 1. The molecule has 1 aliphatic rings. The fraction of sp³-hybridized carbons (Fsp3) is 0.231. The van der Waals surface area contributed by atoms with Crippen molar-refractivity contribution in [3.05, 3.63) is 39.6 Å². The van der Waals surface area contributed by atoms with Crippen molar-refractivity contribution in [1.29, 1.82) is 0 Å². The minimum atomic E-state index is -0.531. The number of nitro groups is 1. The molecule has 0 unspecified atom stereocenters. The number of pyridine rings is 1. The topological polar surface area (TPSA) is 91.6 Å². The van der Waals surface area contributed by atoms with Crippen LogP contribution in [0.3, 0.4) is 0 Å². The summed E-state index contributed by atoms with van der Waals surface area (Å²) >= 11 is 0. The van der Waals surface area contributed by atoms with Gasteiger partial charge in [0.25, 0.3) is 5.69 Å². The highest BCUT2D eigenvalue weighted by Gasteiger charge is 2.23. The molecule has 0 saturated heterocycles. The maximum Gasteiger partial charge on any atom is 0.343 e. The second kappa shape index (κ2) is 4.44. The molecule has 1 aliphatic heterocycles. The summed E-state index contributed by atoms with van der Waals surface area (Å²) in [5.74, 6) is -0.236. The van der Waals surface area contributed by atoms with Gasteiger partial charge in [-0.2, -0.15) is 0 Å². The highest BCUT2D eigenvalue weighted by molar-refractivity contribution is 6.01. The van der Waals surface area contributed by atoms with Crippen molar-refractivity contribution in [2.24, 2.45) is 0 Å². The summed E-state index contributed by atoms with van der Waals surface area (Å²) in [7, 11) is 0. The van der Waals surface area contributed by atoms with Gasteiger partial charge in [-0.15, -0.1) is 0 Å². The van der Waals surface area contributed by atoms with Crippen LogP contribution >= 0.6 is 0 Å². The van der Waals surface area contributed by atoms with Crippen LogP contribution in [0.2, 0.25) is 0 Å². The second-order valence-electron chi connectivity index (χ2n) is 4.40. The van der Waals surface area contributed by atoms with E-state index in [4.69, 9.17) is 9.47 Å². The molecular formula is C13H10N2O5. The normalized spacial score (nSPS) is 14.2. The third-order valence-corrected chi connectivity index (χ3v) is 3.09. The van der Waals surface area contributed by atoms with Crippen LogP contribution in [0.15, 0.2) is 18.3 Å². The Morgan fingerprint density at radius 3 is 2.80 bits per heavy atom. The molecule has 0 amide bonds. The molecule has 0 aliphatic carbocycles. The summed E-state index contributed by atoms with van der Waals surface area (Å²) in [5.41, 5.74) is 1.35. The van der Waals surface area contributed by atoms with Gasteiger partial charge in [0.05, 0.1) is 15.8 Å². The minimum absolute atomic E-state index is 0.0635. The molecule has 0 radical (unpaired) electrons. The van der Waals surface area contributed by atoms with Crippen molar-refractivity contribution in [3.63, 3.8) is 0 Å². The lowest BCUT2D eigenvalue weighted by molar-refractivity contribution is -0.384. The van der Waals surface area contributed by atoms with Gasteiger partial charge in [-0.05, 0) is 12.5 Å². The van der Waals surface area contributed by atoms with Crippen molar-refractivity contribution < 1.29 is 19.2 Å².